The number of methoxy groups -OCH3 is 1. The Morgan fingerprint density at radius 2 is 2.06 bits per heavy atom. The lowest BCUT2D eigenvalue weighted by Gasteiger charge is -2.35. The van der Waals surface area contributed by atoms with E-state index in [9.17, 15) is 9.90 Å². The predicted molar refractivity (Wildman–Crippen MR) is 131 cm³/mol. The number of carbonyl (C=O) groups excluding carboxylic acids is 1. The first-order valence-electron chi connectivity index (χ1n) is 11.8. The second-order valence-electron chi connectivity index (χ2n) is 9.42. The summed E-state index contributed by atoms with van der Waals surface area (Å²) in [5, 5.41) is 15.5. The van der Waals surface area contributed by atoms with Gasteiger partial charge in [0.05, 0.1) is 30.5 Å². The number of hydrogen-bond donors (Lipinski definition) is 1. The number of ether oxygens (including phenoxy) is 1. The van der Waals surface area contributed by atoms with Crippen molar-refractivity contribution in [2.75, 3.05) is 31.6 Å². The maximum absolute atomic E-state index is 13.6. The Hall–Kier alpha value is -2.84. The zero-order chi connectivity index (χ0) is 24.0. The Bertz CT molecular complexity index is 1220. The zero-order valence-corrected chi connectivity index (χ0v) is 20.5. The number of rotatable bonds is 4. The molecule has 3 unspecified atom stereocenters. The number of β-amino-alcohol motifs (C(OH)–C–C–N with tert-alkyl or cyclic N) is 1. The van der Waals surface area contributed by atoms with Crippen molar-refractivity contribution >= 4 is 29.0 Å². The number of hydrogen-bond acceptors (Lipinski definition) is 6. The second-order valence-corrected chi connectivity index (χ2v) is 9.86. The molecule has 34 heavy (non-hydrogen) atoms. The maximum atomic E-state index is 13.6. The molecule has 2 aliphatic heterocycles. The van der Waals surface area contributed by atoms with E-state index in [1.165, 1.54) is 0 Å². The highest BCUT2D eigenvalue weighted by Gasteiger charge is 2.33. The van der Waals surface area contributed by atoms with Crippen LogP contribution in [-0.4, -0.2) is 63.4 Å². The Kier molecular flexibility index (Phi) is 6.12. The van der Waals surface area contributed by atoms with Crippen LogP contribution < -0.4 is 9.64 Å². The van der Waals surface area contributed by atoms with Gasteiger partial charge in [-0.15, -0.1) is 0 Å². The number of carbonyl (C=O) groups is 1. The molecule has 2 fully saturated rings. The molecule has 0 aliphatic carbocycles. The molecule has 2 aliphatic rings. The Morgan fingerprint density at radius 3 is 2.79 bits per heavy atom. The molecule has 1 amide bonds. The number of amides is 1. The summed E-state index contributed by atoms with van der Waals surface area (Å²) in [6.07, 6.45) is 4.43. The van der Waals surface area contributed by atoms with Crippen molar-refractivity contribution in [3.05, 3.63) is 52.3 Å². The van der Waals surface area contributed by atoms with Gasteiger partial charge in [0.15, 0.2) is 5.65 Å². The summed E-state index contributed by atoms with van der Waals surface area (Å²) in [5.74, 6) is 1.49. The summed E-state index contributed by atoms with van der Waals surface area (Å²) >= 11 is 6.20. The van der Waals surface area contributed by atoms with Gasteiger partial charge in [-0.3, -0.25) is 4.79 Å². The summed E-state index contributed by atoms with van der Waals surface area (Å²) in [4.78, 5) is 22.5. The molecule has 2 aromatic heterocycles. The smallest absolute Gasteiger partial charge is 0.258 e. The van der Waals surface area contributed by atoms with E-state index in [1.807, 2.05) is 24.1 Å². The van der Waals surface area contributed by atoms with Crippen LogP contribution in [-0.2, 0) is 0 Å². The van der Waals surface area contributed by atoms with Crippen molar-refractivity contribution in [3.63, 3.8) is 0 Å². The quantitative estimate of drug-likeness (QED) is 0.606. The first kappa shape index (κ1) is 22.9. The van der Waals surface area contributed by atoms with E-state index in [4.69, 9.17) is 26.4 Å². The van der Waals surface area contributed by atoms with E-state index >= 15 is 0 Å². The van der Waals surface area contributed by atoms with Crippen LogP contribution >= 0.6 is 11.6 Å². The maximum Gasteiger partial charge on any atom is 0.258 e. The van der Waals surface area contributed by atoms with E-state index in [2.05, 4.69) is 11.8 Å². The van der Waals surface area contributed by atoms with Crippen LogP contribution in [0.2, 0.25) is 5.02 Å². The zero-order valence-electron chi connectivity index (χ0n) is 19.7. The number of nitrogens with zero attached hydrogens (tertiary/aromatic N) is 5. The van der Waals surface area contributed by atoms with Gasteiger partial charge in [-0.1, -0.05) is 18.5 Å². The van der Waals surface area contributed by atoms with Gasteiger partial charge in [0.25, 0.3) is 5.91 Å². The van der Waals surface area contributed by atoms with Gasteiger partial charge < -0.3 is 19.6 Å². The van der Waals surface area contributed by atoms with E-state index in [1.54, 1.807) is 29.8 Å². The van der Waals surface area contributed by atoms with E-state index < -0.39 is 0 Å². The Morgan fingerprint density at radius 1 is 1.24 bits per heavy atom. The van der Waals surface area contributed by atoms with Gasteiger partial charge in [0.1, 0.15) is 11.6 Å². The topological polar surface area (TPSA) is 83.2 Å². The lowest BCUT2D eigenvalue weighted by molar-refractivity contribution is 0.0602. The molecular formula is C25H30ClN5O3. The molecule has 4 heterocycles. The summed E-state index contributed by atoms with van der Waals surface area (Å²) in [5.41, 5.74) is 3.03. The number of aliphatic hydroxyl groups excluding tert-OH is 1. The van der Waals surface area contributed by atoms with E-state index in [-0.39, 0.29) is 24.0 Å². The highest BCUT2D eigenvalue weighted by Crippen LogP contribution is 2.35. The second kappa shape index (κ2) is 9.07. The Labute approximate surface area is 204 Å². The van der Waals surface area contributed by atoms with Crippen LogP contribution in [0.25, 0.3) is 5.65 Å². The lowest BCUT2D eigenvalue weighted by atomic mass is 9.98. The number of likely N-dealkylation sites (tertiary alicyclic amines) is 1. The van der Waals surface area contributed by atoms with Crippen molar-refractivity contribution in [2.24, 2.45) is 5.92 Å². The molecule has 0 saturated carbocycles. The number of aryl methyl sites for hydroxylation is 1. The number of piperidine rings is 1. The van der Waals surface area contributed by atoms with Crippen LogP contribution in [0.3, 0.4) is 0 Å². The molecule has 3 aromatic rings. The molecule has 9 heteroatoms. The molecule has 180 valence electrons. The standard InChI is InChI=1S/C25H30ClN5O3/c1-15-12-29(14-21(15)32)24-16(2)13-31-23(27-24)11-19(28-31)20-6-4-5-9-30(20)25(33)18-10-17(26)7-8-22(18)34-3/h7-8,10-11,13,15,20-21,32H,4-6,9,12,14H2,1-3H3. The summed E-state index contributed by atoms with van der Waals surface area (Å²) in [7, 11) is 1.56. The number of benzene rings is 1. The predicted octanol–water partition coefficient (Wildman–Crippen LogP) is 3.88. The van der Waals surface area contributed by atoms with Crippen molar-refractivity contribution in [2.45, 2.75) is 45.3 Å². The average Bonchev–Trinajstić information content (AvgIpc) is 3.40. The van der Waals surface area contributed by atoms with Crippen LogP contribution in [0.1, 0.15) is 53.8 Å². The number of halogens is 1. The van der Waals surface area contributed by atoms with Crippen molar-refractivity contribution in [3.8, 4) is 5.75 Å². The fourth-order valence-corrected chi connectivity index (χ4v) is 5.28. The van der Waals surface area contributed by atoms with Gasteiger partial charge >= 0.3 is 0 Å². The van der Waals surface area contributed by atoms with Crippen molar-refractivity contribution in [1.29, 1.82) is 0 Å². The monoisotopic (exact) mass is 483 g/mol. The van der Waals surface area contributed by atoms with Crippen LogP contribution in [0.5, 0.6) is 5.75 Å². The SMILES string of the molecule is COc1ccc(Cl)cc1C(=O)N1CCCCC1c1cc2nc(N3CC(C)C(O)C3)c(C)cn2n1. The fourth-order valence-electron chi connectivity index (χ4n) is 5.11. The average molecular weight is 484 g/mol. The molecular weight excluding hydrogens is 454 g/mol. The molecule has 2 saturated heterocycles. The molecule has 1 N–H and O–H groups in total. The highest BCUT2D eigenvalue weighted by molar-refractivity contribution is 6.31. The summed E-state index contributed by atoms with van der Waals surface area (Å²) < 4.78 is 7.23. The first-order chi connectivity index (χ1) is 16.4. The van der Waals surface area contributed by atoms with Gasteiger partial charge in [0, 0.05) is 48.4 Å². The number of aromatic nitrogens is 3. The Balaban J connectivity index is 1.48. The summed E-state index contributed by atoms with van der Waals surface area (Å²) in [6, 6.07) is 6.94. The largest absolute Gasteiger partial charge is 0.496 e. The van der Waals surface area contributed by atoms with Crippen LogP contribution in [0.15, 0.2) is 30.5 Å². The molecule has 0 bridgehead atoms. The van der Waals surface area contributed by atoms with Crippen molar-refractivity contribution in [1.82, 2.24) is 19.5 Å². The van der Waals surface area contributed by atoms with E-state index in [0.29, 0.717) is 29.4 Å². The third-order valence-electron chi connectivity index (χ3n) is 6.99. The minimum atomic E-state index is -0.344. The molecule has 5 rings (SSSR count). The number of aliphatic hydroxyl groups is 1. The van der Waals surface area contributed by atoms with Crippen LogP contribution in [0.4, 0.5) is 5.82 Å². The fraction of sp³-hybridized carbons (Fsp3) is 0.480. The number of fused-ring (bicyclic) bond motifs is 1. The van der Waals surface area contributed by atoms with Gasteiger partial charge in [-0.25, -0.2) is 9.50 Å². The van der Waals surface area contributed by atoms with Gasteiger partial charge in [0.2, 0.25) is 0 Å². The number of anilines is 1. The minimum Gasteiger partial charge on any atom is -0.496 e. The van der Waals surface area contributed by atoms with Gasteiger partial charge in [-0.2, -0.15) is 5.10 Å². The normalized spacial score (nSPS) is 23.0. The highest BCUT2D eigenvalue weighted by atomic mass is 35.5. The lowest BCUT2D eigenvalue weighted by Crippen LogP contribution is -2.38. The molecule has 1 aromatic carbocycles. The van der Waals surface area contributed by atoms with E-state index in [0.717, 1.165) is 48.5 Å². The minimum absolute atomic E-state index is 0.106. The summed E-state index contributed by atoms with van der Waals surface area (Å²) in [6.45, 7) is 6.07. The van der Waals surface area contributed by atoms with Gasteiger partial charge in [-0.05, 0) is 44.4 Å². The van der Waals surface area contributed by atoms with Crippen molar-refractivity contribution < 1.29 is 14.6 Å². The molecule has 3 atom stereocenters. The third kappa shape index (κ3) is 4.09. The third-order valence-corrected chi connectivity index (χ3v) is 7.23. The first-order valence-corrected chi connectivity index (χ1v) is 12.2. The molecule has 0 radical (unpaired) electrons. The van der Waals surface area contributed by atoms with Crippen LogP contribution in [0, 0.1) is 12.8 Å². The molecule has 0 spiro atoms. The molecule has 8 nitrogen and oxygen atoms in total.